The molecule has 0 bridgehead atoms. The van der Waals surface area contributed by atoms with Crippen LogP contribution in [0.15, 0.2) is 30.3 Å². The molecule has 5 heteroatoms. The topological polar surface area (TPSA) is 64.6 Å². The van der Waals surface area contributed by atoms with Crippen molar-refractivity contribution in [3.8, 4) is 0 Å². The molecule has 0 saturated heterocycles. The molecular formula is C12H15NO4. The van der Waals surface area contributed by atoms with E-state index >= 15 is 0 Å². The Morgan fingerprint density at radius 3 is 2.59 bits per heavy atom. The van der Waals surface area contributed by atoms with Crippen LogP contribution in [0.4, 0.5) is 0 Å². The van der Waals surface area contributed by atoms with Gasteiger partial charge in [0.25, 0.3) is 5.91 Å². The number of amides is 1. The summed E-state index contributed by atoms with van der Waals surface area (Å²) >= 11 is 0. The zero-order chi connectivity index (χ0) is 12.5. The van der Waals surface area contributed by atoms with Crippen molar-refractivity contribution in [1.82, 2.24) is 5.48 Å². The van der Waals surface area contributed by atoms with Gasteiger partial charge in [0.1, 0.15) is 0 Å². The molecule has 17 heavy (non-hydrogen) atoms. The van der Waals surface area contributed by atoms with Crippen molar-refractivity contribution in [3.63, 3.8) is 0 Å². The molecule has 92 valence electrons. The summed E-state index contributed by atoms with van der Waals surface area (Å²) in [5, 5.41) is 0. The van der Waals surface area contributed by atoms with E-state index in [1.165, 1.54) is 7.11 Å². The summed E-state index contributed by atoms with van der Waals surface area (Å²) in [5.41, 5.74) is 2.83. The molecule has 0 spiro atoms. The lowest BCUT2D eigenvalue weighted by atomic mass is 10.2. The minimum absolute atomic E-state index is 0.272. The van der Waals surface area contributed by atoms with E-state index in [9.17, 15) is 9.59 Å². The average Bonchev–Trinajstić information content (AvgIpc) is 2.38. The highest BCUT2D eigenvalue weighted by Gasteiger charge is 2.04. The van der Waals surface area contributed by atoms with Crippen LogP contribution in [-0.2, 0) is 14.4 Å². The summed E-state index contributed by atoms with van der Waals surface area (Å²) in [7, 11) is 1.33. The lowest BCUT2D eigenvalue weighted by Crippen LogP contribution is -2.24. The van der Waals surface area contributed by atoms with Gasteiger partial charge in [-0.2, -0.15) is 0 Å². The maximum absolute atomic E-state index is 11.5. The third kappa shape index (κ3) is 5.12. The number of hydrogen-bond acceptors (Lipinski definition) is 4. The van der Waals surface area contributed by atoms with E-state index in [1.54, 1.807) is 24.3 Å². The van der Waals surface area contributed by atoms with Gasteiger partial charge in [0.15, 0.2) is 0 Å². The van der Waals surface area contributed by atoms with Gasteiger partial charge in [0.05, 0.1) is 13.7 Å². The fourth-order valence-corrected chi connectivity index (χ4v) is 1.16. The van der Waals surface area contributed by atoms with Gasteiger partial charge in [0, 0.05) is 12.0 Å². The predicted molar refractivity (Wildman–Crippen MR) is 61.1 cm³/mol. The number of benzene rings is 1. The molecule has 1 aromatic rings. The molecular weight excluding hydrogens is 222 g/mol. The molecule has 0 fully saturated rings. The largest absolute Gasteiger partial charge is 0.469 e. The number of ether oxygens (including phenoxy) is 1. The standard InChI is InChI=1S/C12H15NO4/c1-16-11(14)8-5-9-17-13-12(15)10-6-3-2-4-7-10/h2-4,6-7H,5,8-9H2,1H3,(H,13,15). The monoisotopic (exact) mass is 237 g/mol. The molecule has 0 radical (unpaired) electrons. The van der Waals surface area contributed by atoms with Gasteiger partial charge < -0.3 is 4.74 Å². The van der Waals surface area contributed by atoms with Crippen molar-refractivity contribution in [2.75, 3.05) is 13.7 Å². The van der Waals surface area contributed by atoms with E-state index in [0.29, 0.717) is 12.0 Å². The van der Waals surface area contributed by atoms with Crippen molar-refractivity contribution in [1.29, 1.82) is 0 Å². The first-order chi connectivity index (χ1) is 8.24. The number of hydroxylamine groups is 1. The quantitative estimate of drug-likeness (QED) is 0.460. The van der Waals surface area contributed by atoms with E-state index in [-0.39, 0.29) is 24.9 Å². The third-order valence-corrected chi connectivity index (χ3v) is 2.06. The predicted octanol–water partition coefficient (Wildman–Crippen LogP) is 1.30. The molecule has 1 N–H and O–H groups in total. The number of rotatable bonds is 6. The number of carbonyl (C=O) groups excluding carboxylic acids is 2. The van der Waals surface area contributed by atoms with E-state index in [1.807, 2.05) is 6.07 Å². The minimum Gasteiger partial charge on any atom is -0.469 e. The Hall–Kier alpha value is -1.88. The molecule has 0 aromatic heterocycles. The van der Waals surface area contributed by atoms with Gasteiger partial charge in [-0.15, -0.1) is 0 Å². The highest BCUT2D eigenvalue weighted by Crippen LogP contribution is 1.98. The SMILES string of the molecule is COC(=O)CCCONC(=O)c1ccccc1. The second-order valence-corrected chi connectivity index (χ2v) is 3.33. The highest BCUT2D eigenvalue weighted by atomic mass is 16.6. The van der Waals surface area contributed by atoms with Crippen molar-refractivity contribution in [3.05, 3.63) is 35.9 Å². The number of esters is 1. The second kappa shape index (κ2) is 7.40. The summed E-state index contributed by atoms with van der Waals surface area (Å²) in [5.74, 6) is -0.591. The van der Waals surface area contributed by atoms with Gasteiger partial charge in [-0.05, 0) is 18.6 Å². The maximum Gasteiger partial charge on any atom is 0.305 e. The van der Waals surface area contributed by atoms with Crippen molar-refractivity contribution in [2.24, 2.45) is 0 Å². The summed E-state index contributed by atoms with van der Waals surface area (Å²) < 4.78 is 4.47. The molecule has 1 amide bonds. The van der Waals surface area contributed by atoms with Gasteiger partial charge in [-0.25, -0.2) is 5.48 Å². The van der Waals surface area contributed by atoms with Crippen LogP contribution in [0.1, 0.15) is 23.2 Å². The van der Waals surface area contributed by atoms with E-state index in [2.05, 4.69) is 10.2 Å². The first-order valence-corrected chi connectivity index (χ1v) is 5.28. The fraction of sp³-hybridized carbons (Fsp3) is 0.333. The van der Waals surface area contributed by atoms with E-state index < -0.39 is 0 Å². The zero-order valence-electron chi connectivity index (χ0n) is 9.64. The fourth-order valence-electron chi connectivity index (χ4n) is 1.16. The van der Waals surface area contributed by atoms with Crippen LogP contribution in [-0.4, -0.2) is 25.6 Å². The third-order valence-electron chi connectivity index (χ3n) is 2.06. The van der Waals surface area contributed by atoms with Crippen LogP contribution in [0.5, 0.6) is 0 Å². The molecule has 0 saturated carbocycles. The number of nitrogens with one attached hydrogen (secondary N) is 1. The zero-order valence-corrected chi connectivity index (χ0v) is 9.64. The van der Waals surface area contributed by atoms with Crippen molar-refractivity contribution < 1.29 is 19.2 Å². The number of methoxy groups -OCH3 is 1. The van der Waals surface area contributed by atoms with Crippen LogP contribution >= 0.6 is 0 Å². The summed E-state index contributed by atoms with van der Waals surface area (Å²) in [4.78, 5) is 27.2. The number of hydrogen-bond donors (Lipinski definition) is 1. The van der Waals surface area contributed by atoms with Crippen LogP contribution in [0.2, 0.25) is 0 Å². The summed E-state index contributed by atoms with van der Waals surface area (Å²) in [6, 6.07) is 8.74. The Morgan fingerprint density at radius 2 is 1.94 bits per heavy atom. The van der Waals surface area contributed by atoms with Gasteiger partial charge in [-0.1, -0.05) is 18.2 Å². The van der Waals surface area contributed by atoms with Crippen LogP contribution in [0.3, 0.4) is 0 Å². The molecule has 1 rings (SSSR count). The molecule has 0 unspecified atom stereocenters. The molecule has 0 atom stereocenters. The van der Waals surface area contributed by atoms with Crippen LogP contribution in [0, 0.1) is 0 Å². The lowest BCUT2D eigenvalue weighted by Gasteiger charge is -2.05. The normalized spacial score (nSPS) is 9.71. The Balaban J connectivity index is 2.15. The highest BCUT2D eigenvalue weighted by molar-refractivity contribution is 5.93. The Morgan fingerprint density at radius 1 is 1.24 bits per heavy atom. The molecule has 0 aliphatic rings. The Labute approximate surface area is 99.7 Å². The van der Waals surface area contributed by atoms with Gasteiger partial charge in [-0.3, -0.25) is 14.4 Å². The number of carbonyl (C=O) groups is 2. The molecule has 1 aromatic carbocycles. The molecule has 0 aliphatic carbocycles. The Kier molecular flexibility index (Phi) is 5.74. The average molecular weight is 237 g/mol. The van der Waals surface area contributed by atoms with Gasteiger partial charge >= 0.3 is 5.97 Å². The molecule has 0 aliphatic heterocycles. The minimum atomic E-state index is -0.302. The maximum atomic E-state index is 11.5. The first-order valence-electron chi connectivity index (χ1n) is 5.28. The van der Waals surface area contributed by atoms with Crippen molar-refractivity contribution in [2.45, 2.75) is 12.8 Å². The second-order valence-electron chi connectivity index (χ2n) is 3.33. The van der Waals surface area contributed by atoms with Crippen LogP contribution < -0.4 is 5.48 Å². The summed E-state index contributed by atoms with van der Waals surface area (Å²) in [6.45, 7) is 0.272. The lowest BCUT2D eigenvalue weighted by molar-refractivity contribution is -0.141. The smallest absolute Gasteiger partial charge is 0.305 e. The van der Waals surface area contributed by atoms with Gasteiger partial charge in [0.2, 0.25) is 0 Å². The summed E-state index contributed by atoms with van der Waals surface area (Å²) in [6.07, 6.45) is 0.777. The van der Waals surface area contributed by atoms with E-state index in [0.717, 1.165) is 0 Å². The van der Waals surface area contributed by atoms with Crippen molar-refractivity contribution >= 4 is 11.9 Å². The van der Waals surface area contributed by atoms with E-state index in [4.69, 9.17) is 4.84 Å². The molecule has 5 nitrogen and oxygen atoms in total. The molecule has 0 heterocycles. The first kappa shape index (κ1) is 13.2. The Bertz CT molecular complexity index is 364. The van der Waals surface area contributed by atoms with Crippen LogP contribution in [0.25, 0.3) is 0 Å².